The Kier molecular flexibility index (Phi) is 6.00. The molecule has 1 unspecified atom stereocenters. The van der Waals surface area contributed by atoms with Crippen LogP contribution >= 0.6 is 0 Å². The van der Waals surface area contributed by atoms with E-state index in [4.69, 9.17) is 14.6 Å². The number of methoxy groups -OCH3 is 1. The Hall–Kier alpha value is -2.53. The molecule has 0 saturated carbocycles. The molecule has 122 valence electrons. The van der Waals surface area contributed by atoms with Gasteiger partial charge in [-0.1, -0.05) is 18.2 Å². The number of benzene rings is 2. The third kappa shape index (κ3) is 5.30. The first-order valence-electron chi connectivity index (χ1n) is 7.42. The molecule has 0 aliphatic carbocycles. The molecule has 0 radical (unpaired) electrons. The number of carboxylic acids is 1. The molecule has 2 N–H and O–H groups in total. The number of carboxylic acid groups (broad SMARTS) is 1. The molecule has 0 bridgehead atoms. The van der Waals surface area contributed by atoms with E-state index in [1.54, 1.807) is 25.3 Å². The van der Waals surface area contributed by atoms with Gasteiger partial charge in [-0.25, -0.2) is 4.79 Å². The zero-order chi connectivity index (χ0) is 16.7. The average molecular weight is 315 g/mol. The predicted molar refractivity (Wildman–Crippen MR) is 88.2 cm³/mol. The zero-order valence-electron chi connectivity index (χ0n) is 13.3. The van der Waals surface area contributed by atoms with Crippen molar-refractivity contribution in [1.29, 1.82) is 0 Å². The van der Waals surface area contributed by atoms with Crippen molar-refractivity contribution >= 4 is 5.97 Å². The van der Waals surface area contributed by atoms with Crippen LogP contribution in [0, 0.1) is 0 Å². The van der Waals surface area contributed by atoms with Gasteiger partial charge < -0.3 is 19.9 Å². The second-order valence-electron chi connectivity index (χ2n) is 5.24. The molecule has 2 aromatic carbocycles. The third-order valence-corrected chi connectivity index (χ3v) is 3.31. The lowest BCUT2D eigenvalue weighted by Crippen LogP contribution is -2.28. The number of nitrogens with one attached hydrogen (secondary N) is 1. The third-order valence-electron chi connectivity index (χ3n) is 3.31. The highest BCUT2D eigenvalue weighted by molar-refractivity contribution is 5.87. The van der Waals surface area contributed by atoms with Gasteiger partial charge in [-0.3, -0.25) is 0 Å². The van der Waals surface area contributed by atoms with Crippen LogP contribution in [0.1, 0.15) is 22.8 Å². The average Bonchev–Trinajstić information content (AvgIpc) is 2.55. The summed E-state index contributed by atoms with van der Waals surface area (Å²) in [5.41, 5.74) is 1.23. The van der Waals surface area contributed by atoms with Crippen molar-refractivity contribution in [3.8, 4) is 11.5 Å². The van der Waals surface area contributed by atoms with Gasteiger partial charge in [0, 0.05) is 19.2 Å². The molecular weight excluding hydrogens is 294 g/mol. The Bertz CT molecular complexity index is 657. The Morgan fingerprint density at radius 1 is 1.17 bits per heavy atom. The summed E-state index contributed by atoms with van der Waals surface area (Å²) in [7, 11) is 1.62. The molecule has 23 heavy (non-hydrogen) atoms. The van der Waals surface area contributed by atoms with Crippen molar-refractivity contribution in [3.63, 3.8) is 0 Å². The van der Waals surface area contributed by atoms with E-state index in [2.05, 4.69) is 5.32 Å². The molecule has 0 fully saturated rings. The van der Waals surface area contributed by atoms with Crippen LogP contribution in [0.15, 0.2) is 48.5 Å². The largest absolute Gasteiger partial charge is 0.497 e. The Morgan fingerprint density at radius 3 is 2.65 bits per heavy atom. The van der Waals surface area contributed by atoms with E-state index in [9.17, 15) is 4.79 Å². The lowest BCUT2D eigenvalue weighted by molar-refractivity contribution is 0.0696. The predicted octanol–water partition coefficient (Wildman–Crippen LogP) is 2.95. The first kappa shape index (κ1) is 16.8. The Morgan fingerprint density at radius 2 is 1.91 bits per heavy atom. The van der Waals surface area contributed by atoms with Gasteiger partial charge in [0.05, 0.1) is 12.7 Å². The molecule has 0 aromatic heterocycles. The van der Waals surface area contributed by atoms with E-state index in [0.717, 1.165) is 17.1 Å². The van der Waals surface area contributed by atoms with Crippen molar-refractivity contribution in [2.75, 3.05) is 13.7 Å². The van der Waals surface area contributed by atoms with Crippen LogP contribution in [0.4, 0.5) is 0 Å². The summed E-state index contributed by atoms with van der Waals surface area (Å²) in [6.07, 6.45) is -0.0234. The number of carbonyl (C=O) groups is 1. The van der Waals surface area contributed by atoms with Gasteiger partial charge in [-0.15, -0.1) is 0 Å². The van der Waals surface area contributed by atoms with Gasteiger partial charge >= 0.3 is 5.97 Å². The smallest absolute Gasteiger partial charge is 0.335 e. The lowest BCUT2D eigenvalue weighted by atomic mass is 10.1. The molecule has 5 heteroatoms. The minimum absolute atomic E-state index is 0.0234. The van der Waals surface area contributed by atoms with E-state index in [1.807, 2.05) is 37.3 Å². The van der Waals surface area contributed by atoms with Crippen molar-refractivity contribution in [1.82, 2.24) is 5.32 Å². The van der Waals surface area contributed by atoms with Crippen LogP contribution in [0.25, 0.3) is 0 Å². The zero-order valence-corrected chi connectivity index (χ0v) is 13.3. The first-order valence-corrected chi connectivity index (χ1v) is 7.42. The monoisotopic (exact) mass is 315 g/mol. The van der Waals surface area contributed by atoms with E-state index >= 15 is 0 Å². The number of rotatable bonds is 8. The van der Waals surface area contributed by atoms with Gasteiger partial charge in [0.1, 0.15) is 17.6 Å². The Balaban J connectivity index is 1.81. The van der Waals surface area contributed by atoms with Crippen LogP contribution in [0.3, 0.4) is 0 Å². The van der Waals surface area contributed by atoms with Crippen molar-refractivity contribution in [3.05, 3.63) is 59.7 Å². The topological polar surface area (TPSA) is 67.8 Å². The molecule has 0 spiro atoms. The molecular formula is C18H21NO4. The van der Waals surface area contributed by atoms with E-state index in [-0.39, 0.29) is 6.10 Å². The highest BCUT2D eigenvalue weighted by Crippen LogP contribution is 2.19. The first-order chi connectivity index (χ1) is 11.1. The maximum absolute atomic E-state index is 10.9. The van der Waals surface area contributed by atoms with Crippen molar-refractivity contribution in [2.24, 2.45) is 0 Å². The quantitative estimate of drug-likeness (QED) is 0.784. The fourth-order valence-electron chi connectivity index (χ4n) is 2.18. The summed E-state index contributed by atoms with van der Waals surface area (Å²) >= 11 is 0. The van der Waals surface area contributed by atoms with Crippen LogP contribution in [0.5, 0.6) is 11.5 Å². The summed E-state index contributed by atoms with van der Waals surface area (Å²) in [6.45, 7) is 3.21. The summed E-state index contributed by atoms with van der Waals surface area (Å²) in [4.78, 5) is 10.9. The Labute approximate surface area is 135 Å². The second-order valence-corrected chi connectivity index (χ2v) is 5.24. The maximum Gasteiger partial charge on any atom is 0.335 e. The SMILES string of the molecule is COc1cccc(OC(C)CNCc2cccc(C(=O)O)c2)c1. The molecule has 2 aromatic rings. The van der Waals surface area contributed by atoms with E-state index in [0.29, 0.717) is 18.7 Å². The number of hydrogen-bond acceptors (Lipinski definition) is 4. The maximum atomic E-state index is 10.9. The van der Waals surface area contributed by atoms with Crippen molar-refractivity contribution < 1.29 is 19.4 Å². The molecule has 0 saturated heterocycles. The second kappa shape index (κ2) is 8.19. The molecule has 0 amide bonds. The van der Waals surface area contributed by atoms with Crippen LogP contribution in [-0.2, 0) is 6.54 Å². The van der Waals surface area contributed by atoms with E-state index in [1.165, 1.54) is 0 Å². The van der Waals surface area contributed by atoms with Crippen LogP contribution in [-0.4, -0.2) is 30.8 Å². The standard InChI is InChI=1S/C18H21NO4/c1-13(23-17-8-4-7-16(10-17)22-2)11-19-12-14-5-3-6-15(9-14)18(20)21/h3-10,13,19H,11-12H2,1-2H3,(H,20,21). The molecule has 0 heterocycles. The summed E-state index contributed by atoms with van der Waals surface area (Å²) in [5.74, 6) is 0.598. The van der Waals surface area contributed by atoms with Crippen molar-refractivity contribution in [2.45, 2.75) is 19.6 Å². The minimum Gasteiger partial charge on any atom is -0.497 e. The minimum atomic E-state index is -0.915. The molecule has 0 aliphatic rings. The number of aromatic carboxylic acids is 1. The van der Waals surface area contributed by atoms with Gasteiger partial charge in [0.15, 0.2) is 0 Å². The fourth-order valence-corrected chi connectivity index (χ4v) is 2.18. The fraction of sp³-hybridized carbons (Fsp3) is 0.278. The lowest BCUT2D eigenvalue weighted by Gasteiger charge is -2.16. The molecule has 5 nitrogen and oxygen atoms in total. The summed E-state index contributed by atoms with van der Waals surface area (Å²) in [5, 5.41) is 12.2. The number of ether oxygens (including phenoxy) is 2. The van der Waals surface area contributed by atoms with Gasteiger partial charge in [0.2, 0.25) is 0 Å². The highest BCUT2D eigenvalue weighted by atomic mass is 16.5. The van der Waals surface area contributed by atoms with Gasteiger partial charge in [-0.2, -0.15) is 0 Å². The normalized spacial score (nSPS) is 11.7. The van der Waals surface area contributed by atoms with Gasteiger partial charge in [0.25, 0.3) is 0 Å². The van der Waals surface area contributed by atoms with E-state index < -0.39 is 5.97 Å². The summed E-state index contributed by atoms with van der Waals surface area (Å²) < 4.78 is 11.0. The number of hydrogen-bond donors (Lipinski definition) is 2. The molecule has 2 rings (SSSR count). The van der Waals surface area contributed by atoms with Crippen LogP contribution in [0.2, 0.25) is 0 Å². The van der Waals surface area contributed by atoms with Gasteiger partial charge in [-0.05, 0) is 36.8 Å². The molecule has 1 atom stereocenters. The van der Waals surface area contributed by atoms with Crippen LogP contribution < -0.4 is 14.8 Å². The molecule has 0 aliphatic heterocycles. The summed E-state index contributed by atoms with van der Waals surface area (Å²) in [6, 6.07) is 14.4. The highest BCUT2D eigenvalue weighted by Gasteiger charge is 2.06.